The third-order valence-electron chi connectivity index (χ3n) is 32.7. The second kappa shape index (κ2) is 55.5. The van der Waals surface area contributed by atoms with E-state index in [1.54, 1.807) is 11.3 Å². The Kier molecular flexibility index (Phi) is 42.7. The highest BCUT2D eigenvalue weighted by atomic mass is 32.1. The van der Waals surface area contributed by atoms with Gasteiger partial charge in [0, 0.05) is 141 Å². The van der Waals surface area contributed by atoms with E-state index in [4.69, 9.17) is 6.42 Å². The zero-order chi connectivity index (χ0) is 105. The summed E-state index contributed by atoms with van der Waals surface area (Å²) in [5, 5.41) is 34.5. The van der Waals surface area contributed by atoms with E-state index in [0.29, 0.717) is 87.2 Å². The summed E-state index contributed by atoms with van der Waals surface area (Å²) < 4.78 is 2.82. The predicted octanol–water partition coefficient (Wildman–Crippen LogP) is 44.1. The van der Waals surface area contributed by atoms with Gasteiger partial charge in [0.05, 0.1) is 5.92 Å². The third kappa shape index (κ3) is 26.5. The predicted molar refractivity (Wildman–Crippen MR) is 656 cm³/mol. The molecule has 0 radical (unpaired) electrons. The lowest BCUT2D eigenvalue weighted by Crippen LogP contribution is -2.12. The molecule has 0 spiro atoms. The molecule has 10 aromatic heterocycles. The number of terminal acetylenes is 1. The maximum absolute atomic E-state index is 14.9. The molecular weight excluding hydrogens is 1990 g/mol. The molecule has 13 aromatic rings. The Morgan fingerprint density at radius 1 is 0.318 bits per heavy atom. The van der Waals surface area contributed by atoms with Gasteiger partial charge in [0.25, 0.3) is 0 Å². The fraction of sp³-hybridized carbons (Fsp3) is 0.496. The highest BCUT2D eigenvalue weighted by Crippen LogP contribution is 2.60. The number of rotatable bonds is 59. The molecule has 2 aliphatic rings. The maximum atomic E-state index is 14.9. The van der Waals surface area contributed by atoms with Gasteiger partial charge in [-0.15, -0.1) is 120 Å². The number of fused-ring (bicyclic) bond motifs is 4. The molecule has 10 heterocycles. The summed E-state index contributed by atoms with van der Waals surface area (Å²) in [7, 11) is 0. The van der Waals surface area contributed by atoms with Crippen molar-refractivity contribution >= 4 is 162 Å². The van der Waals surface area contributed by atoms with Crippen LogP contribution >= 0.6 is 113 Å². The molecule has 780 valence electrons. The molecule has 0 fully saturated rings. The number of nitriles is 3. The maximum Gasteiger partial charge on any atom is 0.194 e. The first-order valence-corrected chi connectivity index (χ1v) is 65.6. The molecule has 148 heavy (non-hydrogen) atoms. The molecule has 15 rings (SSSR count). The highest BCUT2D eigenvalue weighted by molar-refractivity contribution is 7.32. The van der Waals surface area contributed by atoms with E-state index < -0.39 is 5.92 Å². The Hall–Kier alpha value is -8.23. The van der Waals surface area contributed by atoms with Gasteiger partial charge < -0.3 is 0 Å². The van der Waals surface area contributed by atoms with Gasteiger partial charge in [-0.05, 0) is 234 Å². The zero-order valence-corrected chi connectivity index (χ0v) is 99.8. The van der Waals surface area contributed by atoms with Crippen LogP contribution < -0.4 is 0 Å². The Bertz CT molecular complexity index is 6800. The van der Waals surface area contributed by atoms with Crippen molar-refractivity contribution in [3.05, 3.63) is 213 Å². The lowest BCUT2D eigenvalue weighted by atomic mass is 9.89. The molecular formula is C133H161N3O2S10. The van der Waals surface area contributed by atoms with Crippen molar-refractivity contribution in [3.63, 3.8) is 0 Å². The van der Waals surface area contributed by atoms with Crippen LogP contribution in [0, 0.1) is 99.6 Å². The number of unbranched alkanes of at least 4 members (excludes halogenated alkanes) is 8. The smallest absolute Gasteiger partial charge is 0.194 e. The molecule has 15 heteroatoms. The second-order valence-electron chi connectivity index (χ2n) is 43.0. The monoisotopic (exact) mass is 2150 g/mol. The molecule has 3 aromatic carbocycles. The number of carbonyl (C=O) groups is 2. The number of allylic oxidation sites excluding steroid dienone is 5. The Balaban J connectivity index is 0.968. The zero-order valence-electron chi connectivity index (χ0n) is 91.6. The number of hydrogen-bond acceptors (Lipinski definition) is 15. The second-order valence-corrected chi connectivity index (χ2v) is 53.9. The van der Waals surface area contributed by atoms with Crippen LogP contribution in [0.1, 0.15) is 401 Å². The quantitative estimate of drug-likeness (QED) is 0.0214. The lowest BCUT2D eigenvalue weighted by molar-refractivity contribution is 0.0957. The van der Waals surface area contributed by atoms with Gasteiger partial charge in [0.2, 0.25) is 0 Å². The number of nitrogens with zero attached hydrogens (tertiary/aromatic N) is 3. The summed E-state index contributed by atoms with van der Waals surface area (Å²) in [6.07, 6.45) is 54.8. The molecule has 0 saturated carbocycles. The van der Waals surface area contributed by atoms with Crippen molar-refractivity contribution in [1.29, 1.82) is 15.8 Å². The standard InChI is InChI=1S/C133H161N3O2S10/c1-18-35-47-84(26-9)63-93-71-102(77-108-120(92(34-17)81-134)104-55-43-45-57-106(104)124(108)137)141-126(93)114-73-95(65-86(28-11)49-37-20-3)128(143-114)116-75-97(67-88(30-13)51-39-22-5)130(145-116)118-79-110-122(112-61-59-100(139-112)69-90(32-15)53-41-24-7)133-111(123(132(110)147-118)113-62-60-101(140-113)70-91(33-16)54-42-25-8)80-119(148-133)131-98(68-89(31-14)52-40-23-6)76-117(146-131)129-96(66-87(29-12)50-38-21-4)74-115(144-129)127-94(64-85(27-10)48-36-19-2)72-103(142-127)78-109-121(99(82-135)83-136)105-56-44-46-58-107(105)125(109)138/h17,43-46,55-62,71-76,78-80,84-91,108H,18-33,35-42,47-54,63-70,77H2,1-16H3/b109-78-,120-92-. The first-order chi connectivity index (χ1) is 72.3. The van der Waals surface area contributed by atoms with Crippen LogP contribution in [-0.4, -0.2) is 11.6 Å². The van der Waals surface area contributed by atoms with E-state index in [9.17, 15) is 25.4 Å². The minimum atomic E-state index is -0.537. The summed E-state index contributed by atoms with van der Waals surface area (Å²) >= 11 is 20.2. The minimum absolute atomic E-state index is 0.0307. The number of thiophene rings is 10. The number of Topliss-reactive ketones (excluding diaryl/α,β-unsaturated/α-hetero) is 2. The molecule has 2 aliphatic carbocycles. The summed E-state index contributed by atoms with van der Waals surface area (Å²) in [5.74, 6) is 6.52. The van der Waals surface area contributed by atoms with E-state index in [-0.39, 0.29) is 22.7 Å². The Labute approximate surface area is 929 Å². The van der Waals surface area contributed by atoms with Crippen LogP contribution in [0.2, 0.25) is 0 Å². The molecule has 9 atom stereocenters. The van der Waals surface area contributed by atoms with Gasteiger partial charge >= 0.3 is 0 Å². The molecule has 0 amide bonds. The fourth-order valence-corrected chi connectivity index (χ4v) is 36.4. The topological polar surface area (TPSA) is 106 Å². The number of hydrogen-bond donors (Lipinski definition) is 0. The van der Waals surface area contributed by atoms with E-state index >= 15 is 0 Å². The van der Waals surface area contributed by atoms with E-state index in [1.165, 1.54) is 295 Å². The van der Waals surface area contributed by atoms with Crippen molar-refractivity contribution in [2.45, 2.75) is 374 Å². The van der Waals surface area contributed by atoms with Crippen LogP contribution in [0.15, 0.2) is 138 Å². The first kappa shape index (κ1) is 114. The summed E-state index contributed by atoms with van der Waals surface area (Å²) in [5.41, 5.74) is 15.9. The first-order valence-electron chi connectivity index (χ1n) is 57.4. The van der Waals surface area contributed by atoms with Crippen LogP contribution in [0.3, 0.4) is 0 Å². The summed E-state index contributed by atoms with van der Waals surface area (Å²) in [4.78, 5) is 54.1. The van der Waals surface area contributed by atoms with Crippen LogP contribution in [-0.2, 0) is 57.8 Å². The van der Waals surface area contributed by atoms with Crippen molar-refractivity contribution in [2.24, 2.45) is 53.3 Å². The van der Waals surface area contributed by atoms with E-state index in [0.717, 1.165) is 120 Å². The minimum Gasteiger partial charge on any atom is -0.293 e. The molecule has 9 unspecified atom stereocenters. The normalized spacial score (nSPS) is 15.4. The van der Waals surface area contributed by atoms with Crippen LogP contribution in [0.4, 0.5) is 0 Å². The highest BCUT2D eigenvalue weighted by Gasteiger charge is 2.40. The van der Waals surface area contributed by atoms with Crippen LogP contribution in [0.25, 0.3) is 117 Å². The molecule has 5 nitrogen and oxygen atoms in total. The SMILES string of the molecule is C#C/C(C#N)=C1\c2ccccc2C(=O)C1Cc1cc(CC(CC)CCCC)c(-c2cc(CC(CC)CCCC)c(-c3cc(CC(CC)CCCC)c(-c4cc5c(-c6ccc(CC(CC)CCCC)s6)c6sc(-c7sc(-c8sc(-c9sc(/C=C%10\C(=O)c%11ccccc%11C%10=C(C#N)C#N)cc9CC(CC)CCCC)cc8CC(CC)CCCC)cc7CC(CC)CCCC)cc6c(-c6ccc(CC(CC)CCCC)s6)c5s4)s3)s2)s1. The van der Waals surface area contributed by atoms with Crippen molar-refractivity contribution < 1.29 is 9.59 Å². The van der Waals surface area contributed by atoms with Gasteiger partial charge in [-0.3, -0.25) is 9.59 Å². The van der Waals surface area contributed by atoms with Crippen LogP contribution in [0.5, 0.6) is 0 Å². The number of ketones is 2. The number of benzene rings is 3. The van der Waals surface area contributed by atoms with Gasteiger partial charge in [0.1, 0.15) is 29.4 Å². The van der Waals surface area contributed by atoms with Gasteiger partial charge in [-0.2, -0.15) is 15.8 Å². The van der Waals surface area contributed by atoms with Crippen molar-refractivity contribution in [1.82, 2.24) is 0 Å². The molecule has 0 N–H and O–H groups in total. The lowest BCUT2D eigenvalue weighted by Gasteiger charge is -2.15. The third-order valence-corrected chi connectivity index (χ3v) is 45.4. The fourth-order valence-electron chi connectivity index (χ4n) is 23.4. The van der Waals surface area contributed by atoms with Gasteiger partial charge in [-0.25, -0.2) is 0 Å². The molecule has 0 aliphatic heterocycles. The van der Waals surface area contributed by atoms with Crippen molar-refractivity contribution in [3.8, 4) is 110 Å². The van der Waals surface area contributed by atoms with Gasteiger partial charge in [0.15, 0.2) is 11.6 Å². The Morgan fingerprint density at radius 2 is 0.628 bits per heavy atom. The van der Waals surface area contributed by atoms with E-state index in [2.05, 4.69) is 276 Å². The molecule has 0 bridgehead atoms. The summed E-state index contributed by atoms with van der Waals surface area (Å²) in [6, 6.07) is 53.2. The van der Waals surface area contributed by atoms with Gasteiger partial charge in [-0.1, -0.05) is 371 Å². The Morgan fingerprint density at radius 3 is 0.973 bits per heavy atom. The average Bonchev–Trinajstić information content (AvgIpc) is 1.55. The largest absolute Gasteiger partial charge is 0.293 e. The average molecular weight is 2150 g/mol. The van der Waals surface area contributed by atoms with Crippen molar-refractivity contribution in [2.75, 3.05) is 0 Å². The summed E-state index contributed by atoms with van der Waals surface area (Å²) in [6.45, 7) is 38.1. The number of carbonyl (C=O) groups excluding carboxylic acids is 2. The molecule has 0 saturated heterocycles. The van der Waals surface area contributed by atoms with E-state index in [1.807, 2.05) is 88.6 Å².